The van der Waals surface area contributed by atoms with Crippen molar-refractivity contribution >= 4 is 11.8 Å². The van der Waals surface area contributed by atoms with Gasteiger partial charge in [-0.05, 0) is 17.7 Å². The van der Waals surface area contributed by atoms with Gasteiger partial charge in [-0.15, -0.1) is 0 Å². The molecule has 2 rings (SSSR count). The van der Waals surface area contributed by atoms with Gasteiger partial charge in [0.2, 0.25) is 5.91 Å². The van der Waals surface area contributed by atoms with Crippen LogP contribution in [-0.2, 0) is 24.8 Å². The molecule has 0 radical (unpaired) electrons. The van der Waals surface area contributed by atoms with Gasteiger partial charge in [0.25, 0.3) is 5.91 Å². The molecule has 22 heavy (non-hydrogen) atoms. The highest BCUT2D eigenvalue weighted by Gasteiger charge is 2.12. The van der Waals surface area contributed by atoms with Crippen molar-refractivity contribution in [1.29, 1.82) is 0 Å². The lowest BCUT2D eigenvalue weighted by Crippen LogP contribution is -2.28. The van der Waals surface area contributed by atoms with Crippen LogP contribution in [-0.4, -0.2) is 45.8 Å². The first-order valence-electron chi connectivity index (χ1n) is 6.90. The Hall–Kier alpha value is -2.70. The molecule has 2 amide bonds. The topological polar surface area (TPSA) is 80.1 Å². The summed E-state index contributed by atoms with van der Waals surface area (Å²) >= 11 is 0. The molecule has 0 spiro atoms. The van der Waals surface area contributed by atoms with Crippen molar-refractivity contribution in [3.8, 4) is 0 Å². The van der Waals surface area contributed by atoms with Gasteiger partial charge >= 0.3 is 0 Å². The Morgan fingerprint density at radius 3 is 2.50 bits per heavy atom. The van der Waals surface area contributed by atoms with Crippen LogP contribution >= 0.6 is 0 Å². The third-order valence-corrected chi connectivity index (χ3v) is 3.27. The molecule has 1 aromatic carbocycles. The molecular formula is C15H19N5O2. The Balaban J connectivity index is 1.94. The van der Waals surface area contributed by atoms with Crippen LogP contribution in [0.5, 0.6) is 0 Å². The van der Waals surface area contributed by atoms with Crippen LogP contribution in [0.1, 0.15) is 21.6 Å². The highest BCUT2D eigenvalue weighted by molar-refractivity contribution is 5.93. The Labute approximate surface area is 128 Å². The van der Waals surface area contributed by atoms with Crippen LogP contribution < -0.4 is 5.32 Å². The number of nitrogens with zero attached hydrogens (tertiary/aromatic N) is 4. The van der Waals surface area contributed by atoms with Crippen LogP contribution in [0.25, 0.3) is 0 Å². The lowest BCUT2D eigenvalue weighted by Gasteiger charge is -2.16. The van der Waals surface area contributed by atoms with Gasteiger partial charge < -0.3 is 10.2 Å². The Morgan fingerprint density at radius 2 is 1.95 bits per heavy atom. The average Bonchev–Trinajstić information content (AvgIpc) is 2.92. The summed E-state index contributed by atoms with van der Waals surface area (Å²) in [7, 11) is 5.05. The van der Waals surface area contributed by atoms with Gasteiger partial charge in [0.15, 0.2) is 0 Å². The monoisotopic (exact) mass is 301 g/mol. The van der Waals surface area contributed by atoms with Gasteiger partial charge in [-0.3, -0.25) is 9.59 Å². The molecule has 0 unspecified atom stereocenters. The Morgan fingerprint density at radius 1 is 1.27 bits per heavy atom. The smallest absolute Gasteiger partial charge is 0.251 e. The minimum absolute atomic E-state index is 0.0316. The van der Waals surface area contributed by atoms with Gasteiger partial charge in [-0.1, -0.05) is 12.1 Å². The molecule has 116 valence electrons. The SMILES string of the molecule is CNC(=O)c1ccc(CN(C)C(=O)Cc2cnn(C)n2)cc1. The van der Waals surface area contributed by atoms with E-state index in [1.807, 2.05) is 12.1 Å². The van der Waals surface area contributed by atoms with E-state index in [0.717, 1.165) is 5.56 Å². The van der Waals surface area contributed by atoms with Crippen molar-refractivity contribution in [3.63, 3.8) is 0 Å². The van der Waals surface area contributed by atoms with Gasteiger partial charge in [-0.25, -0.2) is 0 Å². The molecule has 0 aliphatic heterocycles. The summed E-state index contributed by atoms with van der Waals surface area (Å²) in [6.07, 6.45) is 1.81. The summed E-state index contributed by atoms with van der Waals surface area (Å²) in [4.78, 5) is 26.7. The van der Waals surface area contributed by atoms with E-state index in [9.17, 15) is 9.59 Å². The lowest BCUT2D eigenvalue weighted by molar-refractivity contribution is -0.129. The largest absolute Gasteiger partial charge is 0.355 e. The zero-order chi connectivity index (χ0) is 16.1. The Bertz CT molecular complexity index is 663. The minimum atomic E-state index is -0.126. The Kier molecular flexibility index (Phi) is 4.88. The van der Waals surface area contributed by atoms with E-state index in [1.54, 1.807) is 44.4 Å². The van der Waals surface area contributed by atoms with Crippen LogP contribution in [0.3, 0.4) is 0 Å². The molecule has 0 atom stereocenters. The second kappa shape index (κ2) is 6.84. The van der Waals surface area contributed by atoms with Crippen molar-refractivity contribution in [3.05, 3.63) is 47.3 Å². The van der Waals surface area contributed by atoms with Crippen molar-refractivity contribution < 1.29 is 9.59 Å². The molecule has 0 aliphatic carbocycles. The first-order valence-corrected chi connectivity index (χ1v) is 6.90. The van der Waals surface area contributed by atoms with E-state index in [0.29, 0.717) is 17.8 Å². The second-order valence-corrected chi connectivity index (χ2v) is 5.03. The fourth-order valence-electron chi connectivity index (χ4n) is 2.03. The second-order valence-electron chi connectivity index (χ2n) is 5.03. The summed E-state index contributed by atoms with van der Waals surface area (Å²) in [6.45, 7) is 0.479. The van der Waals surface area contributed by atoms with Crippen LogP contribution in [0.4, 0.5) is 0 Å². The van der Waals surface area contributed by atoms with Crippen molar-refractivity contribution in [2.45, 2.75) is 13.0 Å². The number of nitrogens with one attached hydrogen (secondary N) is 1. The van der Waals surface area contributed by atoms with Crippen LogP contribution in [0.15, 0.2) is 30.5 Å². The number of carbonyl (C=O) groups is 2. The van der Waals surface area contributed by atoms with Gasteiger partial charge in [0, 0.05) is 33.3 Å². The minimum Gasteiger partial charge on any atom is -0.355 e. The zero-order valence-corrected chi connectivity index (χ0v) is 12.9. The van der Waals surface area contributed by atoms with Crippen molar-refractivity contribution in [2.75, 3.05) is 14.1 Å². The number of rotatable bonds is 5. The quantitative estimate of drug-likeness (QED) is 0.865. The molecule has 7 heteroatoms. The third kappa shape index (κ3) is 3.91. The molecule has 2 aromatic rings. The number of likely N-dealkylation sites (N-methyl/N-ethyl adjacent to an activating group) is 1. The van der Waals surface area contributed by atoms with E-state index in [2.05, 4.69) is 15.5 Å². The number of hydrogen-bond donors (Lipinski definition) is 1. The third-order valence-electron chi connectivity index (χ3n) is 3.27. The van der Waals surface area contributed by atoms with Gasteiger partial charge in [-0.2, -0.15) is 15.0 Å². The van der Waals surface area contributed by atoms with Crippen molar-refractivity contribution in [2.24, 2.45) is 7.05 Å². The molecule has 0 saturated heterocycles. The maximum atomic E-state index is 12.1. The molecule has 1 heterocycles. The molecule has 0 saturated carbocycles. The van der Waals surface area contributed by atoms with Gasteiger partial charge in [0.05, 0.1) is 18.3 Å². The van der Waals surface area contributed by atoms with Crippen LogP contribution in [0, 0.1) is 0 Å². The number of amides is 2. The number of benzene rings is 1. The summed E-state index contributed by atoms with van der Waals surface area (Å²) in [6, 6.07) is 7.18. The molecule has 0 aliphatic rings. The van der Waals surface area contributed by atoms with Crippen molar-refractivity contribution in [1.82, 2.24) is 25.2 Å². The summed E-state index contributed by atoms with van der Waals surface area (Å²) in [5.41, 5.74) is 2.21. The van der Waals surface area contributed by atoms with Gasteiger partial charge in [0.1, 0.15) is 0 Å². The predicted octanol–water partition coefficient (Wildman–Crippen LogP) is 0.376. The highest BCUT2D eigenvalue weighted by Crippen LogP contribution is 2.08. The molecule has 0 fully saturated rings. The maximum Gasteiger partial charge on any atom is 0.251 e. The lowest BCUT2D eigenvalue weighted by atomic mass is 10.1. The molecule has 1 N–H and O–H groups in total. The summed E-state index contributed by atoms with van der Waals surface area (Å²) < 4.78 is 0. The zero-order valence-electron chi connectivity index (χ0n) is 12.9. The normalized spacial score (nSPS) is 10.3. The molecule has 0 bridgehead atoms. The summed E-state index contributed by atoms with van der Waals surface area (Å²) in [5, 5.41) is 10.6. The summed E-state index contributed by atoms with van der Waals surface area (Å²) in [5.74, 6) is -0.158. The maximum absolute atomic E-state index is 12.1. The molecule has 7 nitrogen and oxygen atoms in total. The number of aromatic nitrogens is 3. The van der Waals surface area contributed by atoms with E-state index < -0.39 is 0 Å². The number of hydrogen-bond acceptors (Lipinski definition) is 4. The number of carbonyl (C=O) groups excluding carboxylic acids is 2. The first kappa shape index (κ1) is 15.7. The fraction of sp³-hybridized carbons (Fsp3) is 0.333. The highest BCUT2D eigenvalue weighted by atomic mass is 16.2. The molecular weight excluding hydrogens is 282 g/mol. The molecule has 1 aromatic heterocycles. The van der Waals surface area contributed by atoms with E-state index in [-0.39, 0.29) is 18.2 Å². The van der Waals surface area contributed by atoms with E-state index in [4.69, 9.17) is 0 Å². The average molecular weight is 301 g/mol. The fourth-order valence-corrected chi connectivity index (χ4v) is 2.03. The number of aryl methyl sites for hydroxylation is 1. The van der Waals surface area contributed by atoms with E-state index >= 15 is 0 Å². The standard InChI is InChI=1S/C15H19N5O2/c1-16-15(22)12-6-4-11(5-7-12)10-19(2)14(21)8-13-9-17-20(3)18-13/h4-7,9H,8,10H2,1-3H3,(H,16,22). The van der Waals surface area contributed by atoms with Crippen LogP contribution in [0.2, 0.25) is 0 Å². The first-order chi connectivity index (χ1) is 10.5. The predicted molar refractivity (Wildman–Crippen MR) is 81.0 cm³/mol. The van der Waals surface area contributed by atoms with E-state index in [1.165, 1.54) is 4.80 Å².